The van der Waals surface area contributed by atoms with Gasteiger partial charge >= 0.3 is 0 Å². The molecule has 1 amide bonds. The maximum absolute atomic E-state index is 14.8. The number of anilines is 1. The Hall–Kier alpha value is -7.57. The molecule has 322 valence electrons. The first kappa shape index (κ1) is 39.1. The Morgan fingerprint density at radius 1 is 0.862 bits per heavy atom. The predicted molar refractivity (Wildman–Crippen MR) is 242 cm³/mol. The Bertz CT molecular complexity index is 3220. The highest BCUT2D eigenvalue weighted by Gasteiger charge is 2.61. The zero-order valence-corrected chi connectivity index (χ0v) is 35.5. The molecule has 0 fully saturated rings. The molecule has 0 aliphatic carbocycles. The average Bonchev–Trinajstić information content (AvgIpc) is 4.17. The highest BCUT2D eigenvalue weighted by atomic mass is 16.5. The van der Waals surface area contributed by atoms with Gasteiger partial charge in [0.15, 0.2) is 35.0 Å². The first-order valence-electron chi connectivity index (χ1n) is 22.1. The van der Waals surface area contributed by atoms with Crippen LogP contribution in [0.15, 0.2) is 136 Å². The molecular formula is C53H43N5O7. The van der Waals surface area contributed by atoms with E-state index in [0.29, 0.717) is 34.1 Å². The number of nitrogens with zero attached hydrogens (tertiary/aromatic N) is 2. The molecule has 65 heavy (non-hydrogen) atoms. The number of carbonyl (C=O) groups excluding carboxylic acids is 3. The van der Waals surface area contributed by atoms with Crippen LogP contribution >= 0.6 is 0 Å². The summed E-state index contributed by atoms with van der Waals surface area (Å²) in [6.45, 7) is 3.94. The zero-order valence-electron chi connectivity index (χ0n) is 35.5. The lowest BCUT2D eigenvalue weighted by Crippen LogP contribution is -2.41. The molecule has 10 bridgehead atoms. The molecule has 12 nitrogen and oxygen atoms in total. The SMILES string of the molecule is CC(C)[C@@H]1NC(=O)C(CC(=O)[C@H](O)[C@@H](CC(=O)c2ccccc2)c2ccccc2)Cc2ccc3c(c2)[C@]24c5cccc(c5NC2O3)-c2cccc3[nH]cc(c23)-c2cnc(o2)-c2nc1oc24. The van der Waals surface area contributed by atoms with Gasteiger partial charge in [-0.1, -0.05) is 117 Å². The van der Waals surface area contributed by atoms with Crippen LogP contribution in [-0.2, 0) is 21.4 Å². The Morgan fingerprint density at radius 2 is 1.65 bits per heavy atom. The van der Waals surface area contributed by atoms with Crippen molar-refractivity contribution in [3.05, 3.63) is 167 Å². The molecular weight excluding hydrogens is 819 g/mol. The third-order valence-electron chi connectivity index (χ3n) is 13.8. The van der Waals surface area contributed by atoms with Gasteiger partial charge in [-0.3, -0.25) is 14.4 Å². The third-order valence-corrected chi connectivity index (χ3v) is 13.8. The summed E-state index contributed by atoms with van der Waals surface area (Å²) in [5.41, 5.74) is 7.55. The van der Waals surface area contributed by atoms with E-state index in [0.717, 1.165) is 50.0 Å². The lowest BCUT2D eigenvalue weighted by atomic mass is 9.72. The third kappa shape index (κ3) is 5.96. The van der Waals surface area contributed by atoms with E-state index in [2.05, 4.69) is 39.9 Å². The number of oxazole rings is 2. The number of amides is 1. The van der Waals surface area contributed by atoms with Crippen LogP contribution in [0.25, 0.3) is 44.9 Å². The number of hydrogen-bond acceptors (Lipinski definition) is 10. The van der Waals surface area contributed by atoms with Crippen molar-refractivity contribution in [2.75, 3.05) is 5.32 Å². The van der Waals surface area contributed by atoms with Crippen LogP contribution in [0, 0.1) is 11.8 Å². The van der Waals surface area contributed by atoms with Crippen LogP contribution in [0.3, 0.4) is 0 Å². The van der Waals surface area contributed by atoms with Crippen LogP contribution in [0.1, 0.15) is 82.9 Å². The topological polar surface area (TPSA) is 173 Å². The summed E-state index contributed by atoms with van der Waals surface area (Å²) < 4.78 is 20.7. The number of benzene rings is 5. The van der Waals surface area contributed by atoms with E-state index in [4.69, 9.17) is 23.5 Å². The first-order chi connectivity index (χ1) is 31.7. The number of nitrogens with one attached hydrogen (secondary N) is 3. The largest absolute Gasteiger partial charge is 0.469 e. The number of aliphatic hydroxyl groups excluding tert-OH is 1. The van der Waals surface area contributed by atoms with Gasteiger partial charge in [0.2, 0.25) is 17.7 Å². The van der Waals surface area contributed by atoms with Crippen LogP contribution in [0.4, 0.5) is 5.69 Å². The van der Waals surface area contributed by atoms with Gasteiger partial charge in [-0.25, -0.2) is 9.97 Å². The number of H-pyrrole nitrogens is 1. The minimum Gasteiger partial charge on any atom is -0.469 e. The van der Waals surface area contributed by atoms with Crippen molar-refractivity contribution in [1.29, 1.82) is 0 Å². The summed E-state index contributed by atoms with van der Waals surface area (Å²) in [5, 5.41) is 19.9. The van der Waals surface area contributed by atoms with Crippen molar-refractivity contribution in [3.8, 4) is 39.8 Å². The van der Waals surface area contributed by atoms with Gasteiger partial charge in [0.25, 0.3) is 0 Å². The van der Waals surface area contributed by atoms with Gasteiger partial charge < -0.3 is 34.3 Å². The molecule has 12 heteroatoms. The van der Waals surface area contributed by atoms with Gasteiger partial charge in [-0.05, 0) is 41.2 Å². The van der Waals surface area contributed by atoms with Crippen molar-refractivity contribution >= 4 is 34.1 Å². The Kier molecular flexibility index (Phi) is 8.86. The summed E-state index contributed by atoms with van der Waals surface area (Å²) in [7, 11) is 0. The highest BCUT2D eigenvalue weighted by molar-refractivity contribution is 6.07. The number of carbonyl (C=O) groups is 3. The fraction of sp³-hybridized carbons (Fsp3) is 0.226. The van der Waals surface area contributed by atoms with Crippen LogP contribution in [-0.4, -0.2) is 49.9 Å². The second-order valence-corrected chi connectivity index (χ2v) is 18.0. The average molecular weight is 862 g/mol. The predicted octanol–water partition coefficient (Wildman–Crippen LogP) is 9.30. The molecule has 4 N–H and O–H groups in total. The summed E-state index contributed by atoms with van der Waals surface area (Å²) in [6.07, 6.45) is 1.18. The van der Waals surface area contributed by atoms with E-state index in [9.17, 15) is 19.5 Å². The van der Waals surface area contributed by atoms with Crippen molar-refractivity contribution in [2.24, 2.45) is 11.8 Å². The normalized spacial score (nSPS) is 20.7. The Balaban J connectivity index is 1.00. The minimum absolute atomic E-state index is 0.0966. The number of ether oxygens (including phenoxy) is 1. The number of aromatic nitrogens is 3. The van der Waals surface area contributed by atoms with E-state index in [-0.39, 0.29) is 42.7 Å². The van der Waals surface area contributed by atoms with Crippen molar-refractivity contribution in [1.82, 2.24) is 20.3 Å². The van der Waals surface area contributed by atoms with E-state index in [1.165, 1.54) is 0 Å². The van der Waals surface area contributed by atoms with Crippen molar-refractivity contribution in [3.63, 3.8) is 0 Å². The fourth-order valence-electron chi connectivity index (χ4n) is 10.6. The molecule has 1 spiro atoms. The van der Waals surface area contributed by atoms with Crippen LogP contribution in [0.5, 0.6) is 5.75 Å². The van der Waals surface area contributed by atoms with Crippen LogP contribution in [0.2, 0.25) is 0 Å². The molecule has 7 heterocycles. The summed E-state index contributed by atoms with van der Waals surface area (Å²) >= 11 is 0. The molecule has 0 saturated heterocycles. The Labute approximate surface area is 373 Å². The lowest BCUT2D eigenvalue weighted by molar-refractivity contribution is -0.134. The number of aromatic amines is 1. The van der Waals surface area contributed by atoms with Gasteiger partial charge in [-0.2, -0.15) is 0 Å². The second-order valence-electron chi connectivity index (χ2n) is 18.0. The summed E-state index contributed by atoms with van der Waals surface area (Å²) in [4.78, 5) is 56.3. The Morgan fingerprint density at radius 3 is 2.46 bits per heavy atom. The molecule has 0 saturated carbocycles. The van der Waals surface area contributed by atoms with Crippen molar-refractivity contribution in [2.45, 2.75) is 62.8 Å². The number of para-hydroxylation sites is 1. The molecule has 4 aliphatic rings. The van der Waals surface area contributed by atoms with Gasteiger partial charge in [0.1, 0.15) is 23.3 Å². The van der Waals surface area contributed by atoms with E-state index < -0.39 is 47.3 Å². The number of aliphatic hydroxyl groups is 1. The van der Waals surface area contributed by atoms with Gasteiger partial charge in [-0.15, -0.1) is 0 Å². The number of fused-ring (bicyclic) bond motifs is 7. The number of ketones is 2. The number of Topliss-reactive ketones (excluding diaryl/α,β-unsaturated/α-hetero) is 2. The zero-order chi connectivity index (χ0) is 44.1. The maximum atomic E-state index is 14.8. The smallest absolute Gasteiger partial charge is 0.249 e. The van der Waals surface area contributed by atoms with Crippen LogP contribution < -0.4 is 15.4 Å². The van der Waals surface area contributed by atoms with Gasteiger partial charge in [0.05, 0.1) is 6.20 Å². The first-order valence-corrected chi connectivity index (χ1v) is 22.1. The standard InChI is InChI=1S/C53H43N5O7/c1-27(2)44-51-57-46-48(65-51)53-36-17-9-16-33(32-15-10-18-38-43(32)35(25-54-38)42-26-55-50(46)63-42)45(36)58-52(53)64-41-20-19-28(22-37(41)53)21-31(49(62)56-44)23-40(60)47(61)34(29-11-5-3-6-12-29)24-39(59)30-13-7-4-8-14-30/h3-20,22,25-27,31,34,44,47,52,54,58,61H,21,23-24H2,1-2H3,(H,56,62)/t31?,34-,44-,47+,52?,53-/m0/s1. The number of rotatable bonds is 9. The minimum atomic E-state index is -1.56. The summed E-state index contributed by atoms with van der Waals surface area (Å²) in [6, 6.07) is 35.5. The van der Waals surface area contributed by atoms with Crippen molar-refractivity contribution < 1.29 is 33.1 Å². The molecule has 2 unspecified atom stereocenters. The quantitative estimate of drug-likeness (QED) is 0.103. The molecule has 0 radical (unpaired) electrons. The molecule has 5 aromatic carbocycles. The van der Waals surface area contributed by atoms with E-state index >= 15 is 0 Å². The molecule has 3 aromatic heterocycles. The second kappa shape index (κ2) is 14.7. The maximum Gasteiger partial charge on any atom is 0.249 e. The molecule has 6 atom stereocenters. The fourth-order valence-corrected chi connectivity index (χ4v) is 10.6. The number of hydrogen-bond donors (Lipinski definition) is 4. The van der Waals surface area contributed by atoms with Gasteiger partial charge in [0, 0.05) is 75.3 Å². The summed E-state index contributed by atoms with van der Waals surface area (Å²) in [5.74, 6) is -0.978. The van der Waals surface area contributed by atoms with E-state index in [1.54, 1.807) is 30.5 Å². The molecule has 8 aromatic rings. The highest BCUT2D eigenvalue weighted by Crippen LogP contribution is 2.61. The van der Waals surface area contributed by atoms with E-state index in [1.807, 2.05) is 86.8 Å². The molecule has 4 aliphatic heterocycles. The molecule has 12 rings (SSSR count). The lowest BCUT2D eigenvalue weighted by Gasteiger charge is -2.29. The monoisotopic (exact) mass is 861 g/mol.